The third kappa shape index (κ3) is 3.00. The molecule has 0 saturated carbocycles. The van der Waals surface area contributed by atoms with Crippen LogP contribution in [0.5, 0.6) is 0 Å². The van der Waals surface area contributed by atoms with Gasteiger partial charge in [-0.3, -0.25) is 4.68 Å². The fraction of sp³-hybridized carbons (Fsp3) is 0.158. The largest absolute Gasteiger partial charge is 0.393 e. The molecule has 0 bridgehead atoms. The Kier molecular flexibility index (Phi) is 4.32. The van der Waals surface area contributed by atoms with E-state index in [1.54, 1.807) is 0 Å². The van der Waals surface area contributed by atoms with Crippen molar-refractivity contribution < 1.29 is 5.11 Å². The molecule has 0 aliphatic carbocycles. The standard InChI is InChI=1S/C19H18N4O/c1-13-8-10-15(11-9-13)17-18(21-2)19(20)23(22-17)12-16(24)14-6-4-3-5-7-14/h3-11,16,24H,12,20H2,1H3. The second-order valence-corrected chi connectivity index (χ2v) is 5.67. The zero-order valence-electron chi connectivity index (χ0n) is 13.3. The number of hydrogen-bond acceptors (Lipinski definition) is 3. The second kappa shape index (κ2) is 6.57. The third-order valence-corrected chi connectivity index (χ3v) is 3.93. The van der Waals surface area contributed by atoms with E-state index >= 15 is 0 Å². The normalized spacial score (nSPS) is 11.9. The van der Waals surface area contributed by atoms with E-state index in [9.17, 15) is 5.11 Å². The molecule has 24 heavy (non-hydrogen) atoms. The van der Waals surface area contributed by atoms with Crippen LogP contribution in [0, 0.1) is 13.5 Å². The molecule has 0 fully saturated rings. The molecule has 0 aliphatic heterocycles. The Bertz CT molecular complexity index is 876. The van der Waals surface area contributed by atoms with Crippen molar-refractivity contribution in [3.05, 3.63) is 77.1 Å². The molecule has 1 aromatic heterocycles. The lowest BCUT2D eigenvalue weighted by Gasteiger charge is -2.12. The molecule has 0 aliphatic rings. The molecule has 3 N–H and O–H groups in total. The first kappa shape index (κ1) is 15.8. The van der Waals surface area contributed by atoms with E-state index in [1.165, 1.54) is 4.68 Å². The third-order valence-electron chi connectivity index (χ3n) is 3.93. The summed E-state index contributed by atoms with van der Waals surface area (Å²) in [6.45, 7) is 9.61. The Morgan fingerprint density at radius 2 is 1.83 bits per heavy atom. The lowest BCUT2D eigenvalue weighted by Crippen LogP contribution is -2.12. The number of aryl methyl sites for hydroxylation is 1. The van der Waals surface area contributed by atoms with Gasteiger partial charge in [-0.2, -0.15) is 5.10 Å². The Labute approximate surface area is 140 Å². The molecule has 0 radical (unpaired) electrons. The lowest BCUT2D eigenvalue weighted by atomic mass is 10.1. The Balaban J connectivity index is 1.95. The van der Waals surface area contributed by atoms with Crippen molar-refractivity contribution in [3.8, 4) is 11.3 Å². The second-order valence-electron chi connectivity index (χ2n) is 5.67. The van der Waals surface area contributed by atoms with Gasteiger partial charge in [-0.1, -0.05) is 60.2 Å². The summed E-state index contributed by atoms with van der Waals surface area (Å²) >= 11 is 0. The van der Waals surface area contributed by atoms with Crippen LogP contribution in [0.4, 0.5) is 11.5 Å². The predicted octanol–water partition coefficient (Wildman–Crippen LogP) is 3.73. The maximum absolute atomic E-state index is 10.4. The summed E-state index contributed by atoms with van der Waals surface area (Å²) in [6.07, 6.45) is -0.738. The fourth-order valence-electron chi connectivity index (χ4n) is 2.57. The van der Waals surface area contributed by atoms with Crippen molar-refractivity contribution in [2.45, 2.75) is 19.6 Å². The molecule has 0 saturated heterocycles. The minimum absolute atomic E-state index is 0.199. The van der Waals surface area contributed by atoms with Crippen LogP contribution in [0.2, 0.25) is 0 Å². The van der Waals surface area contributed by atoms with Gasteiger partial charge in [0.25, 0.3) is 5.69 Å². The van der Waals surface area contributed by atoms with Crippen LogP contribution in [-0.4, -0.2) is 14.9 Å². The van der Waals surface area contributed by atoms with Gasteiger partial charge < -0.3 is 10.8 Å². The van der Waals surface area contributed by atoms with Crippen LogP contribution in [0.1, 0.15) is 17.2 Å². The van der Waals surface area contributed by atoms with Crippen molar-refractivity contribution in [2.75, 3.05) is 5.73 Å². The molecule has 0 amide bonds. The van der Waals surface area contributed by atoms with E-state index in [1.807, 2.05) is 61.5 Å². The van der Waals surface area contributed by atoms with Crippen LogP contribution in [0.3, 0.4) is 0 Å². The van der Waals surface area contributed by atoms with Crippen LogP contribution in [-0.2, 0) is 6.54 Å². The van der Waals surface area contributed by atoms with E-state index in [0.29, 0.717) is 11.4 Å². The van der Waals surface area contributed by atoms with Gasteiger partial charge in [0.05, 0.1) is 19.2 Å². The molecule has 2 aromatic carbocycles. The summed E-state index contributed by atoms with van der Waals surface area (Å²) in [6, 6.07) is 17.1. The number of benzene rings is 2. The molecule has 0 spiro atoms. The Morgan fingerprint density at radius 3 is 2.46 bits per heavy atom. The first-order valence-electron chi connectivity index (χ1n) is 7.64. The number of nitrogens with two attached hydrogens (primary N) is 1. The maximum atomic E-state index is 10.4. The quantitative estimate of drug-likeness (QED) is 0.720. The van der Waals surface area contributed by atoms with Gasteiger partial charge >= 0.3 is 0 Å². The molecule has 3 aromatic rings. The van der Waals surface area contributed by atoms with Crippen LogP contribution in [0.25, 0.3) is 16.1 Å². The molecule has 1 unspecified atom stereocenters. The summed E-state index contributed by atoms with van der Waals surface area (Å²) in [4.78, 5) is 3.53. The number of aromatic nitrogens is 2. The van der Waals surface area contributed by atoms with Gasteiger partial charge in [0.15, 0.2) is 0 Å². The number of hydrogen-bond donors (Lipinski definition) is 2. The van der Waals surface area contributed by atoms with E-state index < -0.39 is 6.10 Å². The van der Waals surface area contributed by atoms with E-state index in [4.69, 9.17) is 12.3 Å². The fourth-order valence-corrected chi connectivity index (χ4v) is 2.57. The molecule has 1 atom stereocenters. The average Bonchev–Trinajstić information content (AvgIpc) is 2.92. The van der Waals surface area contributed by atoms with Crippen molar-refractivity contribution in [1.82, 2.24) is 9.78 Å². The Hall–Kier alpha value is -3.10. The monoisotopic (exact) mass is 318 g/mol. The van der Waals surface area contributed by atoms with E-state index in [-0.39, 0.29) is 12.4 Å². The van der Waals surface area contributed by atoms with Crippen molar-refractivity contribution in [1.29, 1.82) is 0 Å². The zero-order chi connectivity index (χ0) is 17.1. The van der Waals surface area contributed by atoms with Crippen molar-refractivity contribution in [3.63, 3.8) is 0 Å². The Morgan fingerprint density at radius 1 is 1.17 bits per heavy atom. The molecule has 120 valence electrons. The smallest absolute Gasteiger partial charge is 0.254 e. The van der Waals surface area contributed by atoms with Gasteiger partial charge in [0, 0.05) is 0 Å². The van der Waals surface area contributed by atoms with Crippen LogP contribution in [0.15, 0.2) is 54.6 Å². The number of nitrogen functional groups attached to an aromatic ring is 1. The SMILES string of the molecule is [C-]#[N+]c1c(-c2ccc(C)cc2)nn(CC(O)c2ccccc2)c1N. The first-order chi connectivity index (χ1) is 11.6. The summed E-state index contributed by atoms with van der Waals surface area (Å²) in [5.41, 5.74) is 9.71. The van der Waals surface area contributed by atoms with E-state index in [0.717, 1.165) is 16.7 Å². The molecule has 1 heterocycles. The molecular weight excluding hydrogens is 300 g/mol. The highest BCUT2D eigenvalue weighted by Crippen LogP contribution is 2.35. The highest BCUT2D eigenvalue weighted by atomic mass is 16.3. The van der Waals surface area contributed by atoms with Gasteiger partial charge in [-0.05, 0) is 18.1 Å². The first-order valence-corrected chi connectivity index (χ1v) is 7.64. The average molecular weight is 318 g/mol. The molecular formula is C19H18N4O. The van der Waals surface area contributed by atoms with Gasteiger partial charge in [-0.15, -0.1) is 0 Å². The van der Waals surface area contributed by atoms with E-state index in [2.05, 4.69) is 9.94 Å². The zero-order valence-corrected chi connectivity index (χ0v) is 13.3. The summed E-state index contributed by atoms with van der Waals surface area (Å²) in [7, 11) is 0. The maximum Gasteiger partial charge on any atom is 0.254 e. The van der Waals surface area contributed by atoms with Gasteiger partial charge in [0.2, 0.25) is 0 Å². The number of aliphatic hydroxyl groups is 1. The predicted molar refractivity (Wildman–Crippen MR) is 94.5 cm³/mol. The number of anilines is 1. The molecule has 5 nitrogen and oxygen atoms in total. The lowest BCUT2D eigenvalue weighted by molar-refractivity contribution is 0.152. The van der Waals surface area contributed by atoms with Crippen molar-refractivity contribution in [2.24, 2.45) is 0 Å². The molecule has 5 heteroatoms. The summed E-state index contributed by atoms with van der Waals surface area (Å²) in [5, 5.41) is 14.8. The van der Waals surface area contributed by atoms with Gasteiger partial charge in [-0.25, -0.2) is 4.85 Å². The van der Waals surface area contributed by atoms with Crippen LogP contribution < -0.4 is 5.73 Å². The highest BCUT2D eigenvalue weighted by molar-refractivity contribution is 5.83. The molecule has 3 rings (SSSR count). The summed E-state index contributed by atoms with van der Waals surface area (Å²) in [5.74, 6) is 0.274. The van der Waals surface area contributed by atoms with Gasteiger partial charge in [0.1, 0.15) is 11.5 Å². The minimum atomic E-state index is -0.738. The number of aliphatic hydroxyl groups excluding tert-OH is 1. The van der Waals surface area contributed by atoms with Crippen molar-refractivity contribution >= 4 is 11.5 Å². The number of rotatable bonds is 4. The topological polar surface area (TPSA) is 68.4 Å². The summed E-state index contributed by atoms with van der Waals surface area (Å²) < 4.78 is 1.50. The number of nitrogens with zero attached hydrogens (tertiary/aromatic N) is 3. The highest BCUT2D eigenvalue weighted by Gasteiger charge is 2.19. The minimum Gasteiger partial charge on any atom is -0.393 e. The van der Waals surface area contributed by atoms with Crippen LogP contribution >= 0.6 is 0 Å².